The number of carboxylic acid groups (broad SMARTS) is 1. The zero-order chi connectivity index (χ0) is 18.9. The second-order valence-corrected chi connectivity index (χ2v) is 8.84. The monoisotopic (exact) mass is 380 g/mol. The van der Waals surface area contributed by atoms with Crippen LogP contribution in [0.4, 0.5) is 0 Å². The molecule has 0 radical (unpaired) electrons. The summed E-state index contributed by atoms with van der Waals surface area (Å²) in [6.45, 7) is 2.38. The first kappa shape index (κ1) is 18.8. The van der Waals surface area contributed by atoms with Gasteiger partial charge in [-0.3, -0.25) is 9.59 Å². The lowest BCUT2D eigenvalue weighted by atomic mass is 10.0. The molecule has 2 aliphatic heterocycles. The Bertz CT molecular complexity index is 780. The number of likely N-dealkylation sites (tertiary alicyclic amines) is 1. The highest BCUT2D eigenvalue weighted by Crippen LogP contribution is 2.30. The number of carbonyl (C=O) groups is 2. The van der Waals surface area contributed by atoms with Crippen molar-refractivity contribution in [3.05, 3.63) is 30.3 Å². The van der Waals surface area contributed by atoms with Crippen LogP contribution in [-0.4, -0.2) is 59.8 Å². The van der Waals surface area contributed by atoms with E-state index >= 15 is 0 Å². The SMILES string of the molecule is CC1C(C(=O)O)CCN1C(=O)C1CCCCN1S(=O)(=O)c1ccccc1. The number of amides is 1. The third-order valence-corrected chi connectivity index (χ3v) is 7.37. The normalized spacial score (nSPS) is 27.4. The molecule has 1 amide bonds. The van der Waals surface area contributed by atoms with Crippen LogP contribution in [0, 0.1) is 5.92 Å². The van der Waals surface area contributed by atoms with E-state index in [-0.39, 0.29) is 10.8 Å². The maximum atomic E-state index is 13.1. The average Bonchev–Trinajstić information content (AvgIpc) is 3.03. The smallest absolute Gasteiger partial charge is 0.308 e. The van der Waals surface area contributed by atoms with Gasteiger partial charge in [-0.05, 0) is 38.3 Å². The molecule has 3 rings (SSSR count). The summed E-state index contributed by atoms with van der Waals surface area (Å²) in [5.74, 6) is -1.78. The lowest BCUT2D eigenvalue weighted by Gasteiger charge is -2.37. The van der Waals surface area contributed by atoms with Gasteiger partial charge in [-0.2, -0.15) is 4.31 Å². The number of hydrogen-bond acceptors (Lipinski definition) is 4. The fraction of sp³-hybridized carbons (Fsp3) is 0.556. The molecule has 2 saturated heterocycles. The van der Waals surface area contributed by atoms with Crippen LogP contribution in [0.1, 0.15) is 32.6 Å². The maximum absolute atomic E-state index is 13.1. The lowest BCUT2D eigenvalue weighted by molar-refractivity contribution is -0.143. The van der Waals surface area contributed by atoms with Gasteiger partial charge in [0, 0.05) is 19.1 Å². The molecule has 0 bridgehead atoms. The molecular weight excluding hydrogens is 356 g/mol. The van der Waals surface area contributed by atoms with Crippen molar-refractivity contribution in [1.82, 2.24) is 9.21 Å². The Hall–Kier alpha value is -1.93. The molecule has 3 unspecified atom stereocenters. The van der Waals surface area contributed by atoms with Crippen LogP contribution in [-0.2, 0) is 19.6 Å². The average molecular weight is 380 g/mol. The second kappa shape index (κ2) is 7.36. The third kappa shape index (κ3) is 3.35. The zero-order valence-electron chi connectivity index (χ0n) is 14.7. The molecule has 1 N–H and O–H groups in total. The van der Waals surface area contributed by atoms with Gasteiger partial charge in [-0.25, -0.2) is 8.42 Å². The van der Waals surface area contributed by atoms with Crippen molar-refractivity contribution >= 4 is 21.9 Å². The van der Waals surface area contributed by atoms with Gasteiger partial charge in [0.05, 0.1) is 10.8 Å². The fourth-order valence-electron chi connectivity index (χ4n) is 3.94. The van der Waals surface area contributed by atoms with Gasteiger partial charge in [0.1, 0.15) is 6.04 Å². The molecule has 1 aromatic rings. The summed E-state index contributed by atoms with van der Waals surface area (Å²) in [5, 5.41) is 9.28. The molecule has 0 aliphatic carbocycles. The number of sulfonamides is 1. The largest absolute Gasteiger partial charge is 0.481 e. The van der Waals surface area contributed by atoms with E-state index in [2.05, 4.69) is 0 Å². The molecule has 8 heteroatoms. The topological polar surface area (TPSA) is 95.0 Å². The number of nitrogens with zero attached hydrogens (tertiary/aromatic N) is 2. The fourth-order valence-corrected chi connectivity index (χ4v) is 5.61. The third-order valence-electron chi connectivity index (χ3n) is 5.44. The minimum Gasteiger partial charge on any atom is -0.481 e. The van der Waals surface area contributed by atoms with Gasteiger partial charge >= 0.3 is 5.97 Å². The lowest BCUT2D eigenvalue weighted by Crippen LogP contribution is -2.54. The summed E-state index contributed by atoms with van der Waals surface area (Å²) in [4.78, 5) is 26.1. The van der Waals surface area contributed by atoms with Crippen LogP contribution < -0.4 is 0 Å². The van der Waals surface area contributed by atoms with Crippen LogP contribution in [0.25, 0.3) is 0 Å². The Morgan fingerprint density at radius 2 is 1.77 bits per heavy atom. The van der Waals surface area contributed by atoms with Crippen LogP contribution >= 0.6 is 0 Å². The molecule has 2 aliphatic rings. The number of hydrogen-bond donors (Lipinski definition) is 1. The number of carboxylic acids is 1. The van der Waals surface area contributed by atoms with Crippen molar-refractivity contribution in [2.75, 3.05) is 13.1 Å². The standard InChI is InChI=1S/C18H24N2O5S/c1-13-15(18(22)23)10-12-19(13)17(21)16-9-5-6-11-20(16)26(24,25)14-7-3-2-4-8-14/h2-4,7-8,13,15-16H,5-6,9-12H2,1H3,(H,22,23). The molecule has 7 nitrogen and oxygen atoms in total. The number of benzene rings is 1. The molecule has 0 aromatic heterocycles. The Kier molecular flexibility index (Phi) is 5.34. The minimum absolute atomic E-state index is 0.178. The summed E-state index contributed by atoms with van der Waals surface area (Å²) in [6, 6.07) is 6.94. The Morgan fingerprint density at radius 3 is 2.38 bits per heavy atom. The highest BCUT2D eigenvalue weighted by atomic mass is 32.2. The van der Waals surface area contributed by atoms with Crippen molar-refractivity contribution < 1.29 is 23.1 Å². The molecule has 3 atom stereocenters. The van der Waals surface area contributed by atoms with Crippen LogP contribution in [0.2, 0.25) is 0 Å². The van der Waals surface area contributed by atoms with E-state index < -0.39 is 34.0 Å². The van der Waals surface area contributed by atoms with Gasteiger partial charge in [-0.15, -0.1) is 0 Å². The summed E-state index contributed by atoms with van der Waals surface area (Å²) in [6.07, 6.45) is 2.36. The van der Waals surface area contributed by atoms with Crippen LogP contribution in [0.5, 0.6) is 0 Å². The highest BCUT2D eigenvalue weighted by Gasteiger charge is 2.44. The predicted octanol–water partition coefficient (Wildman–Crippen LogP) is 1.55. The van der Waals surface area contributed by atoms with Gasteiger partial charge < -0.3 is 10.0 Å². The first-order chi connectivity index (χ1) is 12.3. The Balaban J connectivity index is 1.86. The molecule has 2 heterocycles. The number of piperidine rings is 1. The van der Waals surface area contributed by atoms with E-state index in [1.165, 1.54) is 16.4 Å². The van der Waals surface area contributed by atoms with Crippen molar-refractivity contribution in [3.8, 4) is 0 Å². The van der Waals surface area contributed by atoms with E-state index in [4.69, 9.17) is 0 Å². The van der Waals surface area contributed by atoms with E-state index in [1.54, 1.807) is 30.0 Å². The quantitative estimate of drug-likeness (QED) is 0.855. The zero-order valence-corrected chi connectivity index (χ0v) is 15.6. The first-order valence-corrected chi connectivity index (χ1v) is 10.4. The molecule has 2 fully saturated rings. The van der Waals surface area contributed by atoms with Crippen molar-refractivity contribution in [1.29, 1.82) is 0 Å². The molecular formula is C18H24N2O5S. The van der Waals surface area contributed by atoms with Crippen LogP contribution in [0.15, 0.2) is 35.2 Å². The maximum Gasteiger partial charge on any atom is 0.308 e. The van der Waals surface area contributed by atoms with E-state index in [0.717, 1.165) is 6.42 Å². The molecule has 142 valence electrons. The molecule has 0 saturated carbocycles. The van der Waals surface area contributed by atoms with Crippen molar-refractivity contribution in [2.45, 2.75) is 49.6 Å². The van der Waals surface area contributed by atoms with E-state index in [9.17, 15) is 23.1 Å². The number of rotatable bonds is 4. The predicted molar refractivity (Wildman–Crippen MR) is 94.9 cm³/mol. The van der Waals surface area contributed by atoms with E-state index in [0.29, 0.717) is 32.4 Å². The highest BCUT2D eigenvalue weighted by molar-refractivity contribution is 7.89. The Labute approximate surface area is 153 Å². The molecule has 1 aromatic carbocycles. The number of carbonyl (C=O) groups excluding carboxylic acids is 1. The van der Waals surface area contributed by atoms with E-state index in [1.807, 2.05) is 0 Å². The van der Waals surface area contributed by atoms with Crippen molar-refractivity contribution in [2.24, 2.45) is 5.92 Å². The minimum atomic E-state index is -3.76. The summed E-state index contributed by atoms with van der Waals surface area (Å²) >= 11 is 0. The number of aliphatic carboxylic acids is 1. The summed E-state index contributed by atoms with van der Waals surface area (Å²) < 4.78 is 27.4. The van der Waals surface area contributed by atoms with Crippen molar-refractivity contribution in [3.63, 3.8) is 0 Å². The molecule has 26 heavy (non-hydrogen) atoms. The second-order valence-electron chi connectivity index (χ2n) is 6.95. The Morgan fingerprint density at radius 1 is 1.08 bits per heavy atom. The molecule has 0 spiro atoms. The summed E-state index contributed by atoms with van der Waals surface area (Å²) in [5.41, 5.74) is 0. The van der Waals surface area contributed by atoms with Gasteiger partial charge in [0.25, 0.3) is 0 Å². The van der Waals surface area contributed by atoms with Gasteiger partial charge in [0.15, 0.2) is 0 Å². The first-order valence-electron chi connectivity index (χ1n) is 8.94. The summed E-state index contributed by atoms with van der Waals surface area (Å²) in [7, 11) is -3.76. The van der Waals surface area contributed by atoms with Gasteiger partial charge in [-0.1, -0.05) is 24.6 Å². The van der Waals surface area contributed by atoms with Crippen LogP contribution in [0.3, 0.4) is 0 Å². The van der Waals surface area contributed by atoms with Gasteiger partial charge in [0.2, 0.25) is 15.9 Å².